The van der Waals surface area contributed by atoms with Gasteiger partial charge in [0, 0.05) is 36.6 Å². The number of hydrogen-bond acceptors (Lipinski definition) is 2. The summed E-state index contributed by atoms with van der Waals surface area (Å²) >= 11 is 0. The lowest BCUT2D eigenvalue weighted by Gasteiger charge is -2.20. The fraction of sp³-hybridized carbons (Fsp3) is 0.438. The third-order valence-corrected chi connectivity index (χ3v) is 3.50. The quantitative estimate of drug-likeness (QED) is 0.814. The van der Waals surface area contributed by atoms with E-state index in [-0.39, 0.29) is 12.5 Å². The summed E-state index contributed by atoms with van der Waals surface area (Å²) in [6.45, 7) is 3.21. The molecule has 1 aromatic heterocycles. The number of aliphatic hydroxyl groups is 1. The number of H-pyrrole nitrogens is 1. The first-order chi connectivity index (χ1) is 9.76. The first-order valence-corrected chi connectivity index (χ1v) is 7.20. The van der Waals surface area contributed by atoms with Gasteiger partial charge in [-0.25, -0.2) is 0 Å². The number of aryl methyl sites for hydroxylation is 1. The van der Waals surface area contributed by atoms with Crippen LogP contribution in [0, 0.1) is 0 Å². The molecule has 4 heteroatoms. The van der Waals surface area contributed by atoms with Gasteiger partial charge in [-0.05, 0) is 24.5 Å². The average molecular weight is 274 g/mol. The second-order valence-corrected chi connectivity index (χ2v) is 4.96. The average Bonchev–Trinajstić information content (AvgIpc) is 2.88. The molecule has 0 radical (unpaired) electrons. The van der Waals surface area contributed by atoms with Crippen LogP contribution in [0.15, 0.2) is 30.5 Å². The van der Waals surface area contributed by atoms with Crippen LogP contribution in [0.3, 0.4) is 0 Å². The fourth-order valence-electron chi connectivity index (χ4n) is 2.49. The molecule has 108 valence electrons. The molecule has 0 saturated heterocycles. The van der Waals surface area contributed by atoms with Gasteiger partial charge in [-0.2, -0.15) is 0 Å². The highest BCUT2D eigenvalue weighted by Crippen LogP contribution is 2.19. The predicted octanol–water partition coefficient (Wildman–Crippen LogP) is 2.33. The minimum Gasteiger partial charge on any atom is -0.395 e. The summed E-state index contributed by atoms with van der Waals surface area (Å²) in [5.41, 5.74) is 2.28. The third-order valence-electron chi connectivity index (χ3n) is 3.50. The van der Waals surface area contributed by atoms with Gasteiger partial charge >= 0.3 is 0 Å². The Kier molecular flexibility index (Phi) is 5.18. The molecular formula is C16H22N2O2. The van der Waals surface area contributed by atoms with Gasteiger partial charge in [0.2, 0.25) is 5.91 Å². The molecule has 0 unspecified atom stereocenters. The van der Waals surface area contributed by atoms with E-state index >= 15 is 0 Å². The van der Waals surface area contributed by atoms with E-state index in [0.29, 0.717) is 19.5 Å². The Morgan fingerprint density at radius 1 is 1.30 bits per heavy atom. The van der Waals surface area contributed by atoms with Crippen LogP contribution in [0.1, 0.15) is 25.3 Å². The van der Waals surface area contributed by atoms with E-state index in [1.54, 1.807) is 4.90 Å². The minimum atomic E-state index is 0.0266. The summed E-state index contributed by atoms with van der Waals surface area (Å²) in [5.74, 6) is 0.117. The SMILES string of the molecule is CCCN(CCO)C(=O)CCc1c[nH]c2ccccc12. The molecule has 4 nitrogen and oxygen atoms in total. The van der Waals surface area contributed by atoms with Gasteiger partial charge in [-0.3, -0.25) is 4.79 Å². The Labute approximate surface area is 119 Å². The van der Waals surface area contributed by atoms with Crippen molar-refractivity contribution in [3.63, 3.8) is 0 Å². The molecule has 0 atom stereocenters. The lowest BCUT2D eigenvalue weighted by atomic mass is 10.1. The first-order valence-electron chi connectivity index (χ1n) is 7.20. The summed E-state index contributed by atoms with van der Waals surface area (Å²) in [5, 5.41) is 10.2. The molecule has 0 spiro atoms. The molecule has 2 aromatic rings. The van der Waals surface area contributed by atoms with Crippen molar-refractivity contribution in [1.29, 1.82) is 0 Å². The maximum atomic E-state index is 12.2. The van der Waals surface area contributed by atoms with Crippen molar-refractivity contribution in [3.05, 3.63) is 36.0 Å². The molecule has 1 aromatic carbocycles. The number of aliphatic hydroxyl groups excluding tert-OH is 1. The van der Waals surface area contributed by atoms with Crippen LogP contribution in [-0.4, -0.2) is 40.6 Å². The number of nitrogens with one attached hydrogen (secondary N) is 1. The van der Waals surface area contributed by atoms with Crippen molar-refractivity contribution in [1.82, 2.24) is 9.88 Å². The van der Waals surface area contributed by atoms with Crippen molar-refractivity contribution >= 4 is 16.8 Å². The van der Waals surface area contributed by atoms with Crippen molar-refractivity contribution in [2.24, 2.45) is 0 Å². The number of aromatic amines is 1. The lowest BCUT2D eigenvalue weighted by molar-refractivity contribution is -0.131. The minimum absolute atomic E-state index is 0.0266. The molecule has 0 aliphatic rings. The van der Waals surface area contributed by atoms with Crippen LogP contribution in [0.2, 0.25) is 0 Å². The zero-order valence-electron chi connectivity index (χ0n) is 11.9. The topological polar surface area (TPSA) is 56.3 Å². The number of carbonyl (C=O) groups is 1. The normalized spacial score (nSPS) is 10.9. The van der Waals surface area contributed by atoms with E-state index in [4.69, 9.17) is 5.11 Å². The van der Waals surface area contributed by atoms with Crippen molar-refractivity contribution in [2.45, 2.75) is 26.2 Å². The maximum absolute atomic E-state index is 12.2. The highest BCUT2D eigenvalue weighted by Gasteiger charge is 2.13. The molecule has 1 amide bonds. The monoisotopic (exact) mass is 274 g/mol. The Morgan fingerprint density at radius 2 is 2.10 bits per heavy atom. The van der Waals surface area contributed by atoms with Gasteiger partial charge in [0.25, 0.3) is 0 Å². The maximum Gasteiger partial charge on any atom is 0.222 e. The van der Waals surface area contributed by atoms with E-state index in [1.165, 1.54) is 10.9 Å². The third kappa shape index (κ3) is 3.39. The van der Waals surface area contributed by atoms with Crippen LogP contribution >= 0.6 is 0 Å². The highest BCUT2D eigenvalue weighted by atomic mass is 16.3. The molecular weight excluding hydrogens is 252 g/mol. The summed E-state index contributed by atoms with van der Waals surface area (Å²) in [7, 11) is 0. The summed E-state index contributed by atoms with van der Waals surface area (Å²) in [4.78, 5) is 17.1. The van der Waals surface area contributed by atoms with Crippen LogP contribution in [0.5, 0.6) is 0 Å². The predicted molar refractivity (Wildman–Crippen MR) is 80.6 cm³/mol. The number of amides is 1. The van der Waals surface area contributed by atoms with Crippen molar-refractivity contribution in [3.8, 4) is 0 Å². The van der Waals surface area contributed by atoms with Crippen LogP contribution in [0.25, 0.3) is 10.9 Å². The van der Waals surface area contributed by atoms with E-state index in [2.05, 4.69) is 11.1 Å². The summed E-state index contributed by atoms with van der Waals surface area (Å²) < 4.78 is 0. The molecule has 0 aliphatic carbocycles. The molecule has 0 fully saturated rings. The molecule has 0 aliphatic heterocycles. The van der Waals surface area contributed by atoms with Gasteiger partial charge in [0.1, 0.15) is 0 Å². The number of hydrogen-bond donors (Lipinski definition) is 2. The molecule has 2 rings (SSSR count). The lowest BCUT2D eigenvalue weighted by Crippen LogP contribution is -2.34. The van der Waals surface area contributed by atoms with E-state index in [1.807, 2.05) is 31.3 Å². The molecule has 20 heavy (non-hydrogen) atoms. The smallest absolute Gasteiger partial charge is 0.222 e. The van der Waals surface area contributed by atoms with Crippen molar-refractivity contribution < 1.29 is 9.90 Å². The highest BCUT2D eigenvalue weighted by molar-refractivity contribution is 5.84. The number of nitrogens with zero attached hydrogens (tertiary/aromatic N) is 1. The largest absolute Gasteiger partial charge is 0.395 e. The van der Waals surface area contributed by atoms with E-state index in [9.17, 15) is 4.79 Å². The van der Waals surface area contributed by atoms with Gasteiger partial charge in [-0.1, -0.05) is 25.1 Å². The number of fused-ring (bicyclic) bond motifs is 1. The van der Waals surface area contributed by atoms with Gasteiger partial charge < -0.3 is 15.0 Å². The number of aromatic nitrogens is 1. The zero-order valence-corrected chi connectivity index (χ0v) is 11.9. The van der Waals surface area contributed by atoms with Gasteiger partial charge in [0.05, 0.1) is 6.61 Å². The van der Waals surface area contributed by atoms with Crippen LogP contribution < -0.4 is 0 Å². The Bertz CT molecular complexity index is 556. The summed E-state index contributed by atoms with van der Waals surface area (Å²) in [6, 6.07) is 8.12. The van der Waals surface area contributed by atoms with Crippen LogP contribution in [-0.2, 0) is 11.2 Å². The molecule has 2 N–H and O–H groups in total. The second-order valence-electron chi connectivity index (χ2n) is 4.96. The zero-order chi connectivity index (χ0) is 14.4. The number of carbonyl (C=O) groups excluding carboxylic acids is 1. The Morgan fingerprint density at radius 3 is 2.85 bits per heavy atom. The van der Waals surface area contributed by atoms with Gasteiger partial charge in [-0.15, -0.1) is 0 Å². The van der Waals surface area contributed by atoms with Crippen LogP contribution in [0.4, 0.5) is 0 Å². The number of rotatable bonds is 7. The number of para-hydroxylation sites is 1. The van der Waals surface area contributed by atoms with Crippen molar-refractivity contribution in [2.75, 3.05) is 19.7 Å². The Hall–Kier alpha value is -1.81. The van der Waals surface area contributed by atoms with E-state index < -0.39 is 0 Å². The second kappa shape index (κ2) is 7.10. The van der Waals surface area contributed by atoms with E-state index in [0.717, 1.165) is 18.4 Å². The fourth-order valence-corrected chi connectivity index (χ4v) is 2.49. The first kappa shape index (κ1) is 14.6. The Balaban J connectivity index is 1.98. The van der Waals surface area contributed by atoms with Gasteiger partial charge in [0.15, 0.2) is 0 Å². The molecule has 0 saturated carbocycles. The molecule has 0 bridgehead atoms. The number of benzene rings is 1. The summed E-state index contributed by atoms with van der Waals surface area (Å²) in [6.07, 6.45) is 4.11. The standard InChI is InChI=1S/C16H22N2O2/c1-2-9-18(10-11-19)16(20)8-7-13-12-17-15-6-4-3-5-14(13)15/h3-6,12,17,19H,2,7-11H2,1H3. The molecule has 1 heterocycles.